The highest BCUT2D eigenvalue weighted by molar-refractivity contribution is 7.99. The van der Waals surface area contributed by atoms with Gasteiger partial charge < -0.3 is 10.2 Å². The van der Waals surface area contributed by atoms with Crippen molar-refractivity contribution >= 4 is 23.6 Å². The van der Waals surface area contributed by atoms with Crippen molar-refractivity contribution in [2.45, 2.75) is 51.6 Å². The first-order valence-corrected chi connectivity index (χ1v) is 9.34. The molecule has 0 aliphatic carbocycles. The van der Waals surface area contributed by atoms with E-state index in [0.717, 1.165) is 25.0 Å². The largest absolute Gasteiger partial charge is 0.352 e. The summed E-state index contributed by atoms with van der Waals surface area (Å²) in [6, 6.07) is 5.64. The van der Waals surface area contributed by atoms with Crippen molar-refractivity contribution < 1.29 is 9.59 Å². The summed E-state index contributed by atoms with van der Waals surface area (Å²) in [5.74, 6) is 1.34. The van der Waals surface area contributed by atoms with Gasteiger partial charge in [-0.3, -0.25) is 14.6 Å². The normalized spacial score (nSPS) is 18.7. The molecule has 1 saturated heterocycles. The summed E-state index contributed by atoms with van der Waals surface area (Å²) in [6.45, 7) is 4.02. The van der Waals surface area contributed by atoms with Crippen molar-refractivity contribution in [3.63, 3.8) is 0 Å². The van der Waals surface area contributed by atoms with Crippen LogP contribution >= 0.6 is 11.8 Å². The van der Waals surface area contributed by atoms with Crippen molar-refractivity contribution in [3.05, 3.63) is 30.1 Å². The number of nitrogens with one attached hydrogen (secondary N) is 1. The van der Waals surface area contributed by atoms with E-state index in [4.69, 9.17) is 0 Å². The lowest BCUT2D eigenvalue weighted by atomic mass is 10.1. The van der Waals surface area contributed by atoms with Crippen LogP contribution in [0, 0.1) is 0 Å². The summed E-state index contributed by atoms with van der Waals surface area (Å²) < 4.78 is 0. The van der Waals surface area contributed by atoms with Crippen molar-refractivity contribution in [1.82, 2.24) is 15.2 Å². The van der Waals surface area contributed by atoms with Crippen molar-refractivity contribution in [2.24, 2.45) is 0 Å². The fourth-order valence-corrected chi connectivity index (χ4v) is 3.64. The van der Waals surface area contributed by atoms with E-state index in [2.05, 4.69) is 10.3 Å². The van der Waals surface area contributed by atoms with Crippen LogP contribution in [0.5, 0.6) is 0 Å². The van der Waals surface area contributed by atoms with Crippen LogP contribution in [0.25, 0.3) is 0 Å². The molecular weight excluding hydrogens is 310 g/mol. The minimum atomic E-state index is -0.323. The van der Waals surface area contributed by atoms with Gasteiger partial charge in [0.05, 0.1) is 5.88 Å². The Bertz CT molecular complexity index is 524. The van der Waals surface area contributed by atoms with Gasteiger partial charge >= 0.3 is 0 Å². The molecular formula is C17H25N3O2S. The van der Waals surface area contributed by atoms with Crippen LogP contribution in [0.4, 0.5) is 0 Å². The molecule has 0 radical (unpaired) electrons. The van der Waals surface area contributed by atoms with E-state index in [9.17, 15) is 9.59 Å². The predicted molar refractivity (Wildman–Crippen MR) is 93.0 cm³/mol. The molecule has 2 unspecified atom stereocenters. The van der Waals surface area contributed by atoms with Gasteiger partial charge in [0.15, 0.2) is 0 Å². The second-order valence-electron chi connectivity index (χ2n) is 5.87. The Hall–Kier alpha value is -1.56. The van der Waals surface area contributed by atoms with Crippen molar-refractivity contribution in [2.75, 3.05) is 11.6 Å². The zero-order valence-corrected chi connectivity index (χ0v) is 14.6. The summed E-state index contributed by atoms with van der Waals surface area (Å²) in [5.41, 5.74) is 1.00. The van der Waals surface area contributed by atoms with Crippen LogP contribution in [0.2, 0.25) is 0 Å². The molecule has 1 N–H and O–H groups in total. The van der Waals surface area contributed by atoms with Gasteiger partial charge in [0.2, 0.25) is 11.8 Å². The maximum absolute atomic E-state index is 12.4. The zero-order chi connectivity index (χ0) is 16.7. The van der Waals surface area contributed by atoms with E-state index in [-0.39, 0.29) is 23.9 Å². The van der Waals surface area contributed by atoms with E-state index in [0.29, 0.717) is 18.1 Å². The number of aromatic nitrogens is 1. The Kier molecular flexibility index (Phi) is 6.89. The third kappa shape index (κ3) is 5.23. The molecule has 0 aromatic carbocycles. The molecule has 2 atom stereocenters. The van der Waals surface area contributed by atoms with Crippen LogP contribution in [-0.2, 0) is 16.0 Å². The molecule has 0 bridgehead atoms. The number of thioether (sulfide) groups is 1. The molecule has 5 nitrogen and oxygen atoms in total. The first-order valence-electron chi connectivity index (χ1n) is 8.19. The van der Waals surface area contributed by atoms with Gasteiger partial charge in [-0.2, -0.15) is 0 Å². The Labute approximate surface area is 142 Å². The molecule has 0 spiro atoms. The molecule has 1 aromatic rings. The van der Waals surface area contributed by atoms with Crippen molar-refractivity contribution in [1.29, 1.82) is 0 Å². The van der Waals surface area contributed by atoms with Gasteiger partial charge in [-0.15, -0.1) is 11.8 Å². The lowest BCUT2D eigenvalue weighted by Crippen LogP contribution is -2.49. The average molecular weight is 335 g/mol. The summed E-state index contributed by atoms with van der Waals surface area (Å²) in [4.78, 5) is 30.7. The van der Waals surface area contributed by atoms with Gasteiger partial charge in [-0.05, 0) is 38.3 Å². The number of pyridine rings is 1. The third-order valence-electron chi connectivity index (χ3n) is 4.06. The van der Waals surface area contributed by atoms with Crippen molar-refractivity contribution in [3.8, 4) is 0 Å². The van der Waals surface area contributed by atoms with Gasteiger partial charge in [-0.25, -0.2) is 0 Å². The number of amides is 2. The molecule has 2 heterocycles. The average Bonchev–Trinajstić information content (AvgIpc) is 3.05. The van der Waals surface area contributed by atoms with E-state index >= 15 is 0 Å². The highest BCUT2D eigenvalue weighted by Gasteiger charge is 2.34. The second kappa shape index (κ2) is 8.91. The van der Waals surface area contributed by atoms with E-state index in [1.807, 2.05) is 32.0 Å². The van der Waals surface area contributed by atoms with Gasteiger partial charge in [-0.1, -0.05) is 13.0 Å². The molecule has 2 amide bonds. The van der Waals surface area contributed by atoms with E-state index in [1.165, 1.54) is 0 Å². The van der Waals surface area contributed by atoms with Crippen LogP contribution in [0.15, 0.2) is 24.4 Å². The first-order chi connectivity index (χ1) is 11.1. The van der Waals surface area contributed by atoms with Crippen LogP contribution in [0.1, 0.15) is 38.8 Å². The number of hydrogen-bond acceptors (Lipinski definition) is 4. The maximum Gasteiger partial charge on any atom is 0.243 e. The Morgan fingerprint density at radius 3 is 3.00 bits per heavy atom. The minimum absolute atomic E-state index is 0.0255. The molecule has 23 heavy (non-hydrogen) atoms. The number of hydrogen-bond donors (Lipinski definition) is 1. The molecule has 1 aliphatic rings. The number of carbonyl (C=O) groups is 2. The minimum Gasteiger partial charge on any atom is -0.352 e. The third-order valence-corrected chi connectivity index (χ3v) is 5.07. The highest BCUT2D eigenvalue weighted by atomic mass is 32.2. The lowest BCUT2D eigenvalue weighted by molar-refractivity contribution is -0.138. The van der Waals surface area contributed by atoms with E-state index in [1.54, 1.807) is 22.9 Å². The predicted octanol–water partition coefficient (Wildman–Crippen LogP) is 2.22. The number of nitrogens with zero attached hydrogens (tertiary/aromatic N) is 2. The van der Waals surface area contributed by atoms with Gasteiger partial charge in [0.25, 0.3) is 0 Å². The SMILES string of the molecule is CCC(C)NC(=O)C1CSCN1C(=O)CCCc1ccccn1. The van der Waals surface area contributed by atoms with Crippen LogP contribution in [-0.4, -0.2) is 45.4 Å². The maximum atomic E-state index is 12.4. The number of rotatable bonds is 7. The molecule has 1 aliphatic heterocycles. The summed E-state index contributed by atoms with van der Waals surface area (Å²) >= 11 is 1.64. The first kappa shape index (κ1) is 17.8. The molecule has 2 rings (SSSR count). The quantitative estimate of drug-likeness (QED) is 0.830. The Morgan fingerprint density at radius 2 is 2.30 bits per heavy atom. The summed E-state index contributed by atoms with van der Waals surface area (Å²) in [6.07, 6.45) is 4.67. The number of carbonyl (C=O) groups excluding carboxylic acids is 2. The Balaban J connectivity index is 1.81. The molecule has 1 fully saturated rings. The Morgan fingerprint density at radius 1 is 1.48 bits per heavy atom. The smallest absolute Gasteiger partial charge is 0.243 e. The summed E-state index contributed by atoms with van der Waals surface area (Å²) in [7, 11) is 0. The monoisotopic (exact) mass is 335 g/mol. The molecule has 1 aromatic heterocycles. The molecule has 6 heteroatoms. The van der Waals surface area contributed by atoms with Gasteiger partial charge in [0.1, 0.15) is 6.04 Å². The zero-order valence-electron chi connectivity index (χ0n) is 13.8. The molecule has 0 saturated carbocycles. The fourth-order valence-electron chi connectivity index (χ4n) is 2.46. The standard InChI is InChI=1S/C17H25N3O2S/c1-3-13(2)19-17(22)15-11-23-12-20(15)16(21)9-6-8-14-7-4-5-10-18-14/h4-5,7,10,13,15H,3,6,8-9,11-12H2,1-2H3,(H,19,22). The topological polar surface area (TPSA) is 62.3 Å². The van der Waals surface area contributed by atoms with E-state index < -0.39 is 0 Å². The molecule has 126 valence electrons. The highest BCUT2D eigenvalue weighted by Crippen LogP contribution is 2.22. The van der Waals surface area contributed by atoms with Crippen LogP contribution < -0.4 is 5.32 Å². The fraction of sp³-hybridized carbons (Fsp3) is 0.588. The second-order valence-corrected chi connectivity index (χ2v) is 6.87. The van der Waals surface area contributed by atoms with Crippen LogP contribution in [0.3, 0.4) is 0 Å². The summed E-state index contributed by atoms with van der Waals surface area (Å²) in [5, 5.41) is 2.98. The van der Waals surface area contributed by atoms with Gasteiger partial charge in [0, 0.05) is 30.1 Å². The lowest BCUT2D eigenvalue weighted by Gasteiger charge is -2.24. The number of aryl methyl sites for hydroxylation is 1.